The van der Waals surface area contributed by atoms with E-state index in [1.807, 2.05) is 12.1 Å². The lowest BCUT2D eigenvalue weighted by molar-refractivity contribution is -0.137. The summed E-state index contributed by atoms with van der Waals surface area (Å²) < 4.78 is 1.53. The van der Waals surface area contributed by atoms with E-state index in [-0.39, 0.29) is 17.5 Å². The van der Waals surface area contributed by atoms with Crippen molar-refractivity contribution in [1.82, 2.24) is 14.5 Å². The van der Waals surface area contributed by atoms with Crippen LogP contribution in [0.5, 0.6) is 0 Å². The lowest BCUT2D eigenvalue weighted by Crippen LogP contribution is -2.47. The fourth-order valence-corrected chi connectivity index (χ4v) is 2.93. The van der Waals surface area contributed by atoms with Crippen molar-refractivity contribution in [2.45, 2.75) is 25.4 Å². The molecule has 0 saturated heterocycles. The molecule has 0 fully saturated rings. The summed E-state index contributed by atoms with van der Waals surface area (Å²) in [5.74, 6) is 0.557. The lowest BCUT2D eigenvalue weighted by Gasteiger charge is -2.37. The third-order valence-electron chi connectivity index (χ3n) is 4.08. The van der Waals surface area contributed by atoms with Crippen LogP contribution in [0.15, 0.2) is 41.7 Å². The van der Waals surface area contributed by atoms with Crippen LogP contribution in [-0.4, -0.2) is 27.4 Å². The SMILES string of the molecule is C=CC[C@H]1c2nc3ccccc3c(=O)n2[C@@H](C)C(=O)N1C. The van der Waals surface area contributed by atoms with E-state index >= 15 is 0 Å². The van der Waals surface area contributed by atoms with Gasteiger partial charge in [0.1, 0.15) is 11.9 Å². The molecular formula is C16H17N3O2. The maximum atomic E-state index is 12.7. The number of hydrogen-bond acceptors (Lipinski definition) is 3. The quantitative estimate of drug-likeness (QED) is 0.793. The van der Waals surface area contributed by atoms with Crippen LogP contribution in [-0.2, 0) is 4.79 Å². The number of benzene rings is 1. The number of fused-ring (bicyclic) bond motifs is 2. The molecule has 0 N–H and O–H groups in total. The van der Waals surface area contributed by atoms with Crippen LogP contribution >= 0.6 is 0 Å². The highest BCUT2D eigenvalue weighted by molar-refractivity contribution is 5.83. The maximum absolute atomic E-state index is 12.7. The van der Waals surface area contributed by atoms with Crippen molar-refractivity contribution in [3.05, 3.63) is 53.1 Å². The molecule has 5 nitrogen and oxygen atoms in total. The molecule has 2 atom stereocenters. The number of para-hydroxylation sites is 1. The number of nitrogens with zero attached hydrogens (tertiary/aromatic N) is 3. The zero-order chi connectivity index (χ0) is 15.1. The Morgan fingerprint density at radius 3 is 2.76 bits per heavy atom. The van der Waals surface area contributed by atoms with E-state index < -0.39 is 6.04 Å². The third-order valence-corrected chi connectivity index (χ3v) is 4.08. The average molecular weight is 283 g/mol. The number of hydrogen-bond donors (Lipinski definition) is 0. The van der Waals surface area contributed by atoms with E-state index in [4.69, 9.17) is 0 Å². The smallest absolute Gasteiger partial charge is 0.262 e. The predicted molar refractivity (Wildman–Crippen MR) is 81.0 cm³/mol. The van der Waals surface area contributed by atoms with Crippen LogP contribution in [0.25, 0.3) is 10.9 Å². The molecule has 2 aromatic rings. The fraction of sp³-hybridized carbons (Fsp3) is 0.312. The van der Waals surface area contributed by atoms with Crippen molar-refractivity contribution >= 4 is 16.8 Å². The largest absolute Gasteiger partial charge is 0.333 e. The molecule has 0 spiro atoms. The summed E-state index contributed by atoms with van der Waals surface area (Å²) in [6.07, 6.45) is 2.32. The first kappa shape index (κ1) is 13.5. The van der Waals surface area contributed by atoms with Crippen LogP contribution in [0, 0.1) is 0 Å². The molecule has 1 aliphatic heterocycles. The van der Waals surface area contributed by atoms with E-state index in [2.05, 4.69) is 11.6 Å². The Balaban J connectivity index is 2.37. The fourth-order valence-electron chi connectivity index (χ4n) is 2.93. The summed E-state index contributed by atoms with van der Waals surface area (Å²) in [6.45, 7) is 5.48. The summed E-state index contributed by atoms with van der Waals surface area (Å²) in [5, 5.41) is 0.544. The average Bonchev–Trinajstić information content (AvgIpc) is 2.49. The molecule has 0 aliphatic carbocycles. The Labute approximate surface area is 122 Å². The van der Waals surface area contributed by atoms with Crippen LogP contribution < -0.4 is 5.56 Å². The normalized spacial score (nSPS) is 21.4. The van der Waals surface area contributed by atoms with Gasteiger partial charge < -0.3 is 4.90 Å². The third kappa shape index (κ3) is 1.88. The predicted octanol–water partition coefficient (Wildman–Crippen LogP) is 2.05. The Morgan fingerprint density at radius 1 is 1.33 bits per heavy atom. The van der Waals surface area contributed by atoms with E-state index in [0.29, 0.717) is 23.1 Å². The Hall–Kier alpha value is -2.43. The first-order chi connectivity index (χ1) is 10.1. The van der Waals surface area contributed by atoms with Crippen molar-refractivity contribution in [3.8, 4) is 0 Å². The molecule has 108 valence electrons. The topological polar surface area (TPSA) is 55.2 Å². The molecule has 1 aliphatic rings. The number of carbonyl (C=O) groups is 1. The van der Waals surface area contributed by atoms with Gasteiger partial charge in [-0.3, -0.25) is 14.2 Å². The highest BCUT2D eigenvalue weighted by Gasteiger charge is 2.36. The first-order valence-corrected chi connectivity index (χ1v) is 6.95. The molecule has 5 heteroatoms. The molecule has 1 aromatic heterocycles. The Kier molecular flexibility index (Phi) is 3.12. The van der Waals surface area contributed by atoms with Gasteiger partial charge in [-0.1, -0.05) is 18.2 Å². The highest BCUT2D eigenvalue weighted by Crippen LogP contribution is 2.31. The van der Waals surface area contributed by atoms with Gasteiger partial charge in [0.25, 0.3) is 5.56 Å². The monoisotopic (exact) mass is 283 g/mol. The van der Waals surface area contributed by atoms with E-state index in [0.717, 1.165) is 0 Å². The van der Waals surface area contributed by atoms with Gasteiger partial charge in [0.15, 0.2) is 0 Å². The van der Waals surface area contributed by atoms with Crippen LogP contribution in [0.4, 0.5) is 0 Å². The van der Waals surface area contributed by atoms with E-state index in [9.17, 15) is 9.59 Å². The minimum atomic E-state index is -0.532. The van der Waals surface area contributed by atoms with Gasteiger partial charge >= 0.3 is 0 Å². The standard InChI is InChI=1S/C16H17N3O2/c1-4-7-13-14-17-12-9-6-5-8-11(12)16(21)19(14)10(2)15(20)18(13)3/h4-6,8-10,13H,1,7H2,2-3H3/t10-,13-/m0/s1. The van der Waals surface area contributed by atoms with Crippen LogP contribution in [0.2, 0.25) is 0 Å². The second-order valence-corrected chi connectivity index (χ2v) is 5.33. The molecule has 1 aromatic carbocycles. The van der Waals surface area contributed by atoms with Crippen molar-refractivity contribution in [3.63, 3.8) is 0 Å². The molecule has 1 amide bonds. The zero-order valence-corrected chi connectivity index (χ0v) is 12.1. The molecule has 2 heterocycles. The zero-order valence-electron chi connectivity index (χ0n) is 12.1. The molecule has 21 heavy (non-hydrogen) atoms. The summed E-state index contributed by atoms with van der Waals surface area (Å²) in [4.78, 5) is 31.4. The Morgan fingerprint density at radius 2 is 2.05 bits per heavy atom. The maximum Gasteiger partial charge on any atom is 0.262 e. The molecule has 3 rings (SSSR count). The number of aromatic nitrogens is 2. The number of carbonyl (C=O) groups excluding carboxylic acids is 1. The Bertz CT molecular complexity index is 794. The molecule has 0 saturated carbocycles. The molecular weight excluding hydrogens is 266 g/mol. The summed E-state index contributed by atoms with van der Waals surface area (Å²) in [5.41, 5.74) is 0.511. The summed E-state index contributed by atoms with van der Waals surface area (Å²) in [6, 6.07) is 6.45. The van der Waals surface area contributed by atoms with Gasteiger partial charge in [-0.15, -0.1) is 6.58 Å². The van der Waals surface area contributed by atoms with Gasteiger partial charge in [-0.2, -0.15) is 0 Å². The van der Waals surface area contributed by atoms with Gasteiger partial charge in [0.05, 0.1) is 16.9 Å². The van der Waals surface area contributed by atoms with Gasteiger partial charge in [0.2, 0.25) is 5.91 Å². The van der Waals surface area contributed by atoms with Gasteiger partial charge in [0, 0.05) is 7.05 Å². The lowest BCUT2D eigenvalue weighted by atomic mass is 10.0. The van der Waals surface area contributed by atoms with Gasteiger partial charge in [-0.05, 0) is 25.5 Å². The molecule has 0 bridgehead atoms. The van der Waals surface area contributed by atoms with Crippen LogP contribution in [0.1, 0.15) is 31.3 Å². The summed E-state index contributed by atoms with van der Waals surface area (Å²) >= 11 is 0. The summed E-state index contributed by atoms with van der Waals surface area (Å²) in [7, 11) is 1.75. The van der Waals surface area contributed by atoms with E-state index in [1.165, 1.54) is 4.57 Å². The van der Waals surface area contributed by atoms with Crippen molar-refractivity contribution in [2.75, 3.05) is 7.05 Å². The number of rotatable bonds is 2. The number of amides is 1. The molecule has 0 radical (unpaired) electrons. The second kappa shape index (κ2) is 4.84. The van der Waals surface area contributed by atoms with Crippen LogP contribution in [0.3, 0.4) is 0 Å². The van der Waals surface area contributed by atoms with E-state index in [1.54, 1.807) is 37.1 Å². The minimum absolute atomic E-state index is 0.0754. The highest BCUT2D eigenvalue weighted by atomic mass is 16.2. The number of likely N-dealkylation sites (N-methyl/N-ethyl adjacent to an activating group) is 1. The van der Waals surface area contributed by atoms with Crippen molar-refractivity contribution < 1.29 is 4.79 Å². The van der Waals surface area contributed by atoms with Gasteiger partial charge in [-0.25, -0.2) is 4.98 Å². The van der Waals surface area contributed by atoms with Crippen molar-refractivity contribution in [2.24, 2.45) is 0 Å². The molecule has 0 unspecified atom stereocenters. The minimum Gasteiger partial charge on any atom is -0.333 e. The van der Waals surface area contributed by atoms with Crippen molar-refractivity contribution in [1.29, 1.82) is 0 Å². The second-order valence-electron chi connectivity index (χ2n) is 5.33. The first-order valence-electron chi connectivity index (χ1n) is 6.95.